The molecule has 0 radical (unpaired) electrons. The van der Waals surface area contributed by atoms with Crippen molar-refractivity contribution in [2.24, 2.45) is 0 Å². The molecule has 35 heavy (non-hydrogen) atoms. The maximum atomic E-state index is 12.0. The molecule has 0 aliphatic rings. The second-order valence-electron chi connectivity index (χ2n) is 9.41. The third kappa shape index (κ3) is 23.7. The van der Waals surface area contributed by atoms with Crippen LogP contribution in [0.15, 0.2) is 12.2 Å². The van der Waals surface area contributed by atoms with Crippen molar-refractivity contribution in [3.8, 4) is 0 Å². The number of esters is 1. The van der Waals surface area contributed by atoms with E-state index in [-0.39, 0.29) is 36.2 Å². The number of allylic oxidation sites excluding steroid dienone is 2. The summed E-state index contributed by atoms with van der Waals surface area (Å²) in [4.78, 5) is 23.8. The quantitative estimate of drug-likeness (QED) is 0.0501. The van der Waals surface area contributed by atoms with Crippen molar-refractivity contribution in [3.63, 3.8) is 0 Å². The Balaban J connectivity index is 0. The average Bonchev–Trinajstić information content (AvgIpc) is 2.72. The molecule has 0 heterocycles. The fraction of sp³-hybridized carbons (Fsp3) is 0.840. The molecule has 1 unspecified atom stereocenters. The number of carbonyl (C=O) groups excluding carboxylic acids is 2. The number of ether oxygens (including phenoxy) is 1. The van der Waals surface area contributed by atoms with Gasteiger partial charge in [-0.3, -0.25) is 14.1 Å². The van der Waals surface area contributed by atoms with Crippen molar-refractivity contribution in [2.45, 2.75) is 128 Å². The predicted octanol–water partition coefficient (Wildman–Crippen LogP) is 4.41. The number of rotatable bonds is 21. The number of unbranched alkanes of at least 4 members (excludes halogenated alkanes) is 12. The zero-order valence-corrected chi connectivity index (χ0v) is 22.2. The van der Waals surface area contributed by atoms with Crippen LogP contribution in [0.3, 0.4) is 0 Å². The minimum atomic E-state index is -4.82. The second kappa shape index (κ2) is 21.6. The van der Waals surface area contributed by atoms with Crippen molar-refractivity contribution < 1.29 is 32.4 Å². The van der Waals surface area contributed by atoms with Gasteiger partial charge in [-0.2, -0.15) is 8.42 Å². The van der Waals surface area contributed by atoms with Gasteiger partial charge in [-0.25, -0.2) is 0 Å². The molecule has 0 aliphatic carbocycles. The van der Waals surface area contributed by atoms with Crippen LogP contribution >= 0.6 is 0 Å². The van der Waals surface area contributed by atoms with E-state index in [1.807, 2.05) is 5.32 Å². The molecule has 0 spiro atoms. The van der Waals surface area contributed by atoms with Crippen LogP contribution in [0.5, 0.6) is 0 Å². The summed E-state index contributed by atoms with van der Waals surface area (Å²) in [5.74, 6) is -2.05. The van der Waals surface area contributed by atoms with E-state index >= 15 is 0 Å². The standard InChI is InChI=1S/C25H47NO7S.Na.H/c1-4-5-6-7-8-9-10-11-12-13-14-15-16-17-18-19-20-33-23(27)21-22(34(30,31)32)24(28)26-25(2,3)29;;/h11-12,22,29H,4-10,13-21H2,1-3H3,(H,26,28)(H,30,31,32);;/b12-11-;;. The molecule has 0 aliphatic heterocycles. The van der Waals surface area contributed by atoms with Gasteiger partial charge in [0, 0.05) is 0 Å². The normalized spacial score (nSPS) is 12.8. The Kier molecular flexibility index (Phi) is 22.7. The summed E-state index contributed by atoms with van der Waals surface area (Å²) >= 11 is 0. The third-order valence-electron chi connectivity index (χ3n) is 5.35. The molecular formula is C25H48NNaO7S. The SMILES string of the molecule is CCCCCCCC/C=C\CCCCCCCCOC(=O)CC(C(=O)NC(C)(C)O)S(=O)(=O)O.[NaH]. The fourth-order valence-corrected chi connectivity index (χ4v) is 4.14. The van der Waals surface area contributed by atoms with Gasteiger partial charge in [-0.05, 0) is 46.0 Å². The van der Waals surface area contributed by atoms with Crippen LogP contribution < -0.4 is 5.32 Å². The van der Waals surface area contributed by atoms with Gasteiger partial charge in [-0.15, -0.1) is 0 Å². The molecule has 10 heteroatoms. The zero-order valence-electron chi connectivity index (χ0n) is 21.4. The Bertz CT molecular complexity index is 690. The molecule has 0 bridgehead atoms. The summed E-state index contributed by atoms with van der Waals surface area (Å²) in [5, 5.41) is 9.58. The van der Waals surface area contributed by atoms with E-state index in [1.165, 1.54) is 65.2 Å². The number of carbonyl (C=O) groups is 2. The van der Waals surface area contributed by atoms with Gasteiger partial charge in [0.2, 0.25) is 5.91 Å². The summed E-state index contributed by atoms with van der Waals surface area (Å²) in [6.45, 7) is 4.84. The molecule has 0 aromatic carbocycles. The van der Waals surface area contributed by atoms with Gasteiger partial charge in [-0.1, -0.05) is 76.9 Å². The molecule has 1 atom stereocenters. The molecule has 0 saturated carbocycles. The van der Waals surface area contributed by atoms with E-state index in [4.69, 9.17) is 4.74 Å². The summed E-state index contributed by atoms with van der Waals surface area (Å²) in [6, 6.07) is 0. The maximum absolute atomic E-state index is 12.0. The van der Waals surface area contributed by atoms with Gasteiger partial charge >= 0.3 is 35.5 Å². The fourth-order valence-electron chi connectivity index (χ4n) is 3.46. The Morgan fingerprint density at radius 2 is 1.34 bits per heavy atom. The first-order valence-corrected chi connectivity index (χ1v) is 14.3. The average molecular weight is 530 g/mol. The topological polar surface area (TPSA) is 130 Å². The number of amides is 1. The Labute approximate surface area is 235 Å². The summed E-state index contributed by atoms with van der Waals surface area (Å²) in [6.07, 6.45) is 20.1. The Morgan fingerprint density at radius 3 is 1.80 bits per heavy atom. The zero-order chi connectivity index (χ0) is 25.9. The predicted molar refractivity (Wildman–Crippen MR) is 142 cm³/mol. The van der Waals surface area contributed by atoms with Crippen molar-refractivity contribution >= 4 is 51.6 Å². The molecule has 0 rings (SSSR count). The van der Waals surface area contributed by atoms with Gasteiger partial charge < -0.3 is 15.2 Å². The van der Waals surface area contributed by atoms with Crippen molar-refractivity contribution in [1.29, 1.82) is 0 Å². The number of hydrogen-bond donors (Lipinski definition) is 3. The van der Waals surface area contributed by atoms with Gasteiger partial charge in [0.05, 0.1) is 13.0 Å². The number of hydrogen-bond acceptors (Lipinski definition) is 6. The molecule has 0 saturated heterocycles. The molecule has 0 aromatic heterocycles. The summed E-state index contributed by atoms with van der Waals surface area (Å²) in [5.41, 5.74) is -1.69. The van der Waals surface area contributed by atoms with Crippen LogP contribution in [0, 0.1) is 0 Å². The van der Waals surface area contributed by atoms with E-state index in [0.717, 1.165) is 32.1 Å². The number of nitrogens with one attached hydrogen (secondary N) is 1. The van der Waals surface area contributed by atoms with Crippen LogP contribution in [0.1, 0.15) is 117 Å². The van der Waals surface area contributed by atoms with Crippen LogP contribution in [0.25, 0.3) is 0 Å². The first kappa shape index (κ1) is 36.7. The van der Waals surface area contributed by atoms with E-state index in [2.05, 4.69) is 19.1 Å². The van der Waals surface area contributed by atoms with E-state index in [0.29, 0.717) is 6.42 Å². The molecule has 0 aromatic rings. The van der Waals surface area contributed by atoms with Gasteiger partial charge in [0.25, 0.3) is 10.1 Å². The second-order valence-corrected chi connectivity index (χ2v) is 11.0. The molecular weight excluding hydrogens is 481 g/mol. The molecule has 1 amide bonds. The van der Waals surface area contributed by atoms with Crippen molar-refractivity contribution in [1.82, 2.24) is 5.32 Å². The monoisotopic (exact) mass is 529 g/mol. The third-order valence-corrected chi connectivity index (χ3v) is 6.45. The number of aliphatic hydroxyl groups is 1. The summed E-state index contributed by atoms with van der Waals surface area (Å²) in [7, 11) is -4.82. The van der Waals surface area contributed by atoms with Crippen LogP contribution in [-0.2, 0) is 24.4 Å². The van der Waals surface area contributed by atoms with E-state index < -0.39 is 39.4 Å². The minimum absolute atomic E-state index is 0. The first-order chi connectivity index (χ1) is 16.0. The molecule has 0 fully saturated rings. The van der Waals surface area contributed by atoms with Crippen LogP contribution in [-0.4, -0.2) is 77.1 Å². The Hall–Kier alpha value is -0.450. The van der Waals surface area contributed by atoms with Gasteiger partial charge in [0.1, 0.15) is 5.72 Å². The van der Waals surface area contributed by atoms with E-state index in [1.54, 1.807) is 0 Å². The Morgan fingerprint density at radius 1 is 0.886 bits per heavy atom. The molecule has 202 valence electrons. The van der Waals surface area contributed by atoms with Crippen molar-refractivity contribution in [2.75, 3.05) is 6.61 Å². The van der Waals surface area contributed by atoms with Gasteiger partial charge in [0.15, 0.2) is 5.25 Å². The van der Waals surface area contributed by atoms with Crippen molar-refractivity contribution in [3.05, 3.63) is 12.2 Å². The van der Waals surface area contributed by atoms with E-state index in [9.17, 15) is 27.7 Å². The first-order valence-electron chi connectivity index (χ1n) is 12.8. The summed E-state index contributed by atoms with van der Waals surface area (Å²) < 4.78 is 37.1. The molecule has 8 nitrogen and oxygen atoms in total. The van der Waals surface area contributed by atoms with Crippen LogP contribution in [0.4, 0.5) is 0 Å². The van der Waals surface area contributed by atoms with Crippen LogP contribution in [0.2, 0.25) is 0 Å². The molecule has 3 N–H and O–H groups in total.